The van der Waals surface area contributed by atoms with Crippen LogP contribution in [0.2, 0.25) is 0 Å². The Kier molecular flexibility index (Phi) is 3.28. The average molecular weight is 102 g/mol. The SMILES string of the molecule is CC[CH]C[N+](=O)[O-]. The van der Waals surface area contributed by atoms with Gasteiger partial charge in [0.25, 0.3) is 0 Å². The van der Waals surface area contributed by atoms with Crippen molar-refractivity contribution >= 4 is 0 Å². The molecular formula is C4H8NO2. The third-order valence-corrected chi connectivity index (χ3v) is 0.567. The van der Waals surface area contributed by atoms with Crippen molar-refractivity contribution in [2.24, 2.45) is 0 Å². The van der Waals surface area contributed by atoms with Gasteiger partial charge >= 0.3 is 0 Å². The molecule has 0 saturated carbocycles. The summed E-state index contributed by atoms with van der Waals surface area (Å²) in [6.45, 7) is 1.88. The van der Waals surface area contributed by atoms with E-state index in [2.05, 4.69) is 0 Å². The second-order valence-corrected chi connectivity index (χ2v) is 1.21. The standard InChI is InChI=1S/C4H8NO2/c1-2-3-4-5(6)7/h3H,2,4H2,1H3. The maximum absolute atomic E-state index is 9.53. The summed E-state index contributed by atoms with van der Waals surface area (Å²) in [6.07, 6.45) is 2.40. The van der Waals surface area contributed by atoms with Gasteiger partial charge < -0.3 is 0 Å². The van der Waals surface area contributed by atoms with Gasteiger partial charge in [0, 0.05) is 11.3 Å². The van der Waals surface area contributed by atoms with Gasteiger partial charge in [-0.1, -0.05) is 6.92 Å². The van der Waals surface area contributed by atoms with Gasteiger partial charge in [-0.2, -0.15) is 0 Å². The van der Waals surface area contributed by atoms with E-state index in [1.165, 1.54) is 0 Å². The highest BCUT2D eigenvalue weighted by atomic mass is 16.6. The zero-order chi connectivity index (χ0) is 5.70. The van der Waals surface area contributed by atoms with Crippen LogP contribution in [0.1, 0.15) is 13.3 Å². The van der Waals surface area contributed by atoms with Gasteiger partial charge in [-0.05, 0) is 6.42 Å². The summed E-state index contributed by atoms with van der Waals surface area (Å²) in [4.78, 5) is 9.19. The molecule has 0 unspecified atom stereocenters. The predicted molar refractivity (Wildman–Crippen MR) is 26.5 cm³/mol. The Balaban J connectivity index is 2.82. The highest BCUT2D eigenvalue weighted by Gasteiger charge is 1.90. The van der Waals surface area contributed by atoms with Crippen LogP contribution in [0.25, 0.3) is 0 Å². The first-order chi connectivity index (χ1) is 3.27. The van der Waals surface area contributed by atoms with E-state index in [0.717, 1.165) is 6.42 Å². The maximum atomic E-state index is 9.53. The molecule has 0 N–H and O–H groups in total. The Bertz CT molecular complexity index is 62.7. The van der Waals surface area contributed by atoms with Crippen molar-refractivity contribution in [1.29, 1.82) is 0 Å². The quantitative estimate of drug-likeness (QED) is 0.392. The van der Waals surface area contributed by atoms with Gasteiger partial charge in [0.1, 0.15) is 0 Å². The molecule has 7 heavy (non-hydrogen) atoms. The molecule has 0 spiro atoms. The molecule has 0 saturated heterocycles. The van der Waals surface area contributed by atoms with E-state index in [1.807, 2.05) is 6.92 Å². The molecule has 0 atom stereocenters. The van der Waals surface area contributed by atoms with Gasteiger partial charge in [0.15, 0.2) is 0 Å². The number of nitro groups is 1. The molecule has 0 amide bonds. The van der Waals surface area contributed by atoms with Gasteiger partial charge in [-0.3, -0.25) is 10.1 Å². The Morgan fingerprint density at radius 2 is 2.43 bits per heavy atom. The highest BCUT2D eigenvalue weighted by Crippen LogP contribution is 1.82. The molecule has 1 radical (unpaired) electrons. The normalized spacial score (nSPS) is 8.71. The highest BCUT2D eigenvalue weighted by molar-refractivity contribution is 4.56. The zero-order valence-corrected chi connectivity index (χ0v) is 4.26. The maximum Gasteiger partial charge on any atom is 0.207 e. The van der Waals surface area contributed by atoms with Crippen LogP contribution in [0.5, 0.6) is 0 Å². The second-order valence-electron chi connectivity index (χ2n) is 1.21. The lowest BCUT2D eigenvalue weighted by molar-refractivity contribution is -0.472. The van der Waals surface area contributed by atoms with Crippen molar-refractivity contribution in [3.8, 4) is 0 Å². The van der Waals surface area contributed by atoms with E-state index in [9.17, 15) is 10.1 Å². The van der Waals surface area contributed by atoms with Crippen LogP contribution in [-0.4, -0.2) is 11.5 Å². The molecule has 0 aliphatic heterocycles. The number of rotatable bonds is 3. The van der Waals surface area contributed by atoms with Crippen molar-refractivity contribution in [3.63, 3.8) is 0 Å². The van der Waals surface area contributed by atoms with Gasteiger partial charge in [-0.15, -0.1) is 0 Å². The lowest BCUT2D eigenvalue weighted by Crippen LogP contribution is -1.99. The van der Waals surface area contributed by atoms with Crippen LogP contribution < -0.4 is 0 Å². The minimum absolute atomic E-state index is 0.00347. The van der Waals surface area contributed by atoms with Gasteiger partial charge in [0.05, 0.1) is 0 Å². The van der Waals surface area contributed by atoms with E-state index in [0.29, 0.717) is 0 Å². The van der Waals surface area contributed by atoms with E-state index >= 15 is 0 Å². The Labute approximate surface area is 42.5 Å². The van der Waals surface area contributed by atoms with Crippen molar-refractivity contribution in [2.45, 2.75) is 13.3 Å². The summed E-state index contributed by atoms with van der Waals surface area (Å²) in [5.74, 6) is 0. The third-order valence-electron chi connectivity index (χ3n) is 0.567. The van der Waals surface area contributed by atoms with E-state index in [1.54, 1.807) is 6.42 Å². The zero-order valence-electron chi connectivity index (χ0n) is 4.26. The van der Waals surface area contributed by atoms with Crippen LogP contribution in [0.4, 0.5) is 0 Å². The van der Waals surface area contributed by atoms with Crippen LogP contribution >= 0.6 is 0 Å². The molecule has 0 aromatic heterocycles. The van der Waals surface area contributed by atoms with Crippen molar-refractivity contribution in [1.82, 2.24) is 0 Å². The lowest BCUT2D eigenvalue weighted by atomic mass is 10.3. The van der Waals surface area contributed by atoms with Crippen LogP contribution in [0.3, 0.4) is 0 Å². The molecule has 0 fully saturated rings. The van der Waals surface area contributed by atoms with Crippen molar-refractivity contribution < 1.29 is 4.92 Å². The largest absolute Gasteiger partial charge is 0.265 e. The first-order valence-electron chi connectivity index (χ1n) is 2.20. The monoisotopic (exact) mass is 102 g/mol. The summed E-state index contributed by atoms with van der Waals surface area (Å²) >= 11 is 0. The molecule has 0 aliphatic carbocycles. The molecule has 0 aliphatic rings. The third kappa shape index (κ3) is 5.40. The fourth-order valence-corrected chi connectivity index (χ4v) is 0.235. The molecular weight excluding hydrogens is 94.0 g/mol. The van der Waals surface area contributed by atoms with E-state index in [-0.39, 0.29) is 11.5 Å². The molecule has 0 heterocycles. The number of unbranched alkanes of at least 4 members (excludes halogenated alkanes) is 1. The summed E-state index contributed by atoms with van der Waals surface area (Å²) in [5.41, 5.74) is 0. The minimum atomic E-state index is -0.344. The van der Waals surface area contributed by atoms with Crippen molar-refractivity contribution in [2.75, 3.05) is 6.54 Å². The van der Waals surface area contributed by atoms with Gasteiger partial charge in [-0.25, -0.2) is 0 Å². The van der Waals surface area contributed by atoms with E-state index in [4.69, 9.17) is 0 Å². The first kappa shape index (κ1) is 6.40. The smallest absolute Gasteiger partial charge is 0.207 e. The Morgan fingerprint density at radius 3 is 2.57 bits per heavy atom. The van der Waals surface area contributed by atoms with Crippen LogP contribution in [-0.2, 0) is 0 Å². The molecule has 3 nitrogen and oxygen atoms in total. The fourth-order valence-electron chi connectivity index (χ4n) is 0.235. The Morgan fingerprint density at radius 1 is 1.86 bits per heavy atom. The number of hydrogen-bond acceptors (Lipinski definition) is 2. The average Bonchev–Trinajstić information content (AvgIpc) is 1.61. The molecule has 41 valence electrons. The van der Waals surface area contributed by atoms with Gasteiger partial charge in [0.2, 0.25) is 6.54 Å². The van der Waals surface area contributed by atoms with Crippen LogP contribution in [0, 0.1) is 16.5 Å². The summed E-state index contributed by atoms with van der Waals surface area (Å²) in [5, 5.41) is 9.53. The first-order valence-corrected chi connectivity index (χ1v) is 2.20. The molecule has 0 rings (SSSR count). The minimum Gasteiger partial charge on any atom is -0.265 e. The fraction of sp³-hybridized carbons (Fsp3) is 0.750. The number of nitrogens with zero attached hydrogens (tertiary/aromatic N) is 1. The predicted octanol–water partition coefficient (Wildman–Crippen LogP) is 0.877. The molecule has 0 bridgehead atoms. The number of hydrogen-bond donors (Lipinski definition) is 0. The topological polar surface area (TPSA) is 43.1 Å². The summed E-state index contributed by atoms with van der Waals surface area (Å²) in [6, 6.07) is 0. The van der Waals surface area contributed by atoms with E-state index < -0.39 is 0 Å². The Hall–Kier alpha value is -0.600. The molecule has 3 heteroatoms. The summed E-state index contributed by atoms with van der Waals surface area (Å²) < 4.78 is 0. The van der Waals surface area contributed by atoms with Crippen LogP contribution in [0.15, 0.2) is 0 Å². The molecule has 0 aromatic rings. The lowest BCUT2D eigenvalue weighted by Gasteiger charge is -1.84. The second kappa shape index (κ2) is 3.59. The summed E-state index contributed by atoms with van der Waals surface area (Å²) in [7, 11) is 0. The van der Waals surface area contributed by atoms with Crippen molar-refractivity contribution in [3.05, 3.63) is 16.5 Å². The molecule has 0 aromatic carbocycles.